The summed E-state index contributed by atoms with van der Waals surface area (Å²) in [5.41, 5.74) is -0.506. The van der Waals surface area contributed by atoms with Gasteiger partial charge in [-0.05, 0) is 50.3 Å². The van der Waals surface area contributed by atoms with Crippen LogP contribution >= 0.6 is 0 Å². The van der Waals surface area contributed by atoms with Gasteiger partial charge in [0.25, 0.3) is 11.8 Å². The molecule has 1 amide bonds. The number of hydrogen-bond acceptors (Lipinski definition) is 7. The molecule has 0 spiro atoms. The number of carbonyl (C=O) groups is 1. The molecule has 0 radical (unpaired) electrons. The van der Waals surface area contributed by atoms with E-state index in [2.05, 4.69) is 17.1 Å². The zero-order valence-electron chi connectivity index (χ0n) is 19.5. The summed E-state index contributed by atoms with van der Waals surface area (Å²) >= 11 is 0. The van der Waals surface area contributed by atoms with Crippen molar-refractivity contribution in [3.63, 3.8) is 0 Å². The van der Waals surface area contributed by atoms with E-state index in [1.807, 2.05) is 0 Å². The van der Waals surface area contributed by atoms with Crippen molar-refractivity contribution in [3.8, 4) is 5.75 Å². The van der Waals surface area contributed by atoms with E-state index in [1.165, 1.54) is 25.1 Å². The van der Waals surface area contributed by atoms with E-state index in [0.29, 0.717) is 24.8 Å². The molecule has 8 nitrogen and oxygen atoms in total. The molecule has 1 aromatic carbocycles. The van der Waals surface area contributed by atoms with Crippen LogP contribution in [0.2, 0.25) is 0 Å². The Balaban J connectivity index is 1.42. The highest BCUT2D eigenvalue weighted by Crippen LogP contribution is 2.59. The Morgan fingerprint density at radius 3 is 2.68 bits per heavy atom. The fourth-order valence-corrected chi connectivity index (χ4v) is 5.18. The second-order valence-corrected chi connectivity index (χ2v) is 12.4. The number of rotatable bonds is 7. The molecule has 1 aromatic heterocycles. The maximum Gasteiger partial charge on any atom is 0.281 e. The van der Waals surface area contributed by atoms with Gasteiger partial charge in [-0.2, -0.15) is 4.98 Å². The zero-order chi connectivity index (χ0) is 24.7. The summed E-state index contributed by atoms with van der Waals surface area (Å²) in [5, 5.41) is 4.20. The minimum Gasteiger partial charge on any atom is -0.484 e. The number of piperidine rings is 1. The molecule has 5 rings (SSSR count). The molecule has 2 saturated carbocycles. The predicted octanol–water partition coefficient (Wildman–Crippen LogP) is 3.36. The van der Waals surface area contributed by atoms with Gasteiger partial charge in [0.1, 0.15) is 5.75 Å². The van der Waals surface area contributed by atoms with E-state index in [4.69, 9.17) is 9.26 Å². The average Bonchev–Trinajstić information content (AvgIpc) is 3.52. The van der Waals surface area contributed by atoms with Crippen LogP contribution in [-0.2, 0) is 20.7 Å². The molecule has 11 heteroatoms. The first-order valence-electron chi connectivity index (χ1n) is 11.3. The minimum absolute atomic E-state index is 0.0588. The second-order valence-electron chi connectivity index (χ2n) is 10.4. The van der Waals surface area contributed by atoms with Crippen LogP contribution in [-0.4, -0.2) is 60.7 Å². The Labute approximate surface area is 196 Å². The number of ether oxygens (including phenoxy) is 1. The summed E-state index contributed by atoms with van der Waals surface area (Å²) in [5.74, 6) is -2.32. The fraction of sp³-hybridized carbons (Fsp3) is 0.609. The number of nitrogens with zero attached hydrogens (tertiary/aromatic N) is 3. The summed E-state index contributed by atoms with van der Waals surface area (Å²) in [6.45, 7) is 4.78. The molecular weight excluding hydrogens is 468 g/mol. The quantitative estimate of drug-likeness (QED) is 0.580. The molecule has 2 heterocycles. The van der Waals surface area contributed by atoms with Gasteiger partial charge in [-0.1, -0.05) is 12.1 Å². The van der Waals surface area contributed by atoms with Gasteiger partial charge in [-0.25, -0.2) is 17.2 Å². The first-order valence-corrected chi connectivity index (χ1v) is 13.1. The fourth-order valence-electron chi connectivity index (χ4n) is 4.53. The number of sulfone groups is 1. The zero-order valence-corrected chi connectivity index (χ0v) is 20.3. The highest BCUT2D eigenvalue weighted by molar-refractivity contribution is 7.90. The summed E-state index contributed by atoms with van der Waals surface area (Å²) in [6, 6.07) is 3.72. The average molecular weight is 496 g/mol. The van der Waals surface area contributed by atoms with Crippen LogP contribution in [0.25, 0.3) is 0 Å². The minimum atomic E-state index is -3.63. The van der Waals surface area contributed by atoms with E-state index in [0.717, 1.165) is 32.4 Å². The molecule has 34 heavy (non-hydrogen) atoms. The summed E-state index contributed by atoms with van der Waals surface area (Å²) in [4.78, 5) is 19.6. The van der Waals surface area contributed by atoms with Gasteiger partial charge in [0.05, 0.1) is 15.9 Å². The van der Waals surface area contributed by atoms with Crippen molar-refractivity contribution in [1.82, 2.24) is 15.0 Å². The normalized spacial score (nSPS) is 26.2. The van der Waals surface area contributed by atoms with E-state index in [-0.39, 0.29) is 33.0 Å². The molecule has 3 unspecified atom stereocenters. The summed E-state index contributed by atoms with van der Waals surface area (Å²) < 4.78 is 62.6. The Kier molecular flexibility index (Phi) is 4.93. The van der Waals surface area contributed by atoms with Crippen molar-refractivity contribution in [2.75, 3.05) is 19.3 Å². The van der Waals surface area contributed by atoms with Gasteiger partial charge < -0.3 is 14.2 Å². The Hall–Kier alpha value is -2.56. The molecule has 0 N–H and O–H groups in total. The number of amides is 1. The molecule has 1 saturated heterocycles. The van der Waals surface area contributed by atoms with Crippen LogP contribution in [0.5, 0.6) is 5.75 Å². The van der Waals surface area contributed by atoms with Crippen LogP contribution in [0.15, 0.2) is 27.6 Å². The van der Waals surface area contributed by atoms with Crippen LogP contribution in [0.3, 0.4) is 0 Å². The van der Waals surface area contributed by atoms with Gasteiger partial charge >= 0.3 is 0 Å². The largest absolute Gasteiger partial charge is 0.484 e. The standard InChI is InChI=1S/C23H27F2N3O5S/c1-13(22(3,24)25)32-17-6-5-15(34(4,30)31)9-16(17)18(29)28-11-14-10-23(14,12-28)19-26-20(33-27-19)21(2)7-8-21/h5-6,9,13-14H,7-8,10-12H2,1-4H3. The van der Waals surface area contributed by atoms with E-state index < -0.39 is 27.8 Å². The van der Waals surface area contributed by atoms with Crippen LogP contribution in [0.4, 0.5) is 8.78 Å². The van der Waals surface area contributed by atoms with Gasteiger partial charge in [0.2, 0.25) is 5.89 Å². The lowest BCUT2D eigenvalue weighted by molar-refractivity contribution is -0.0720. The SMILES string of the molecule is CC(Oc1ccc(S(C)(=O)=O)cc1C(=O)N1CC2CC2(c2noc(C3(C)CC3)n2)C1)C(C)(F)F. The Morgan fingerprint density at radius 1 is 1.35 bits per heavy atom. The number of halogens is 2. The Bertz CT molecular complexity index is 1270. The molecule has 2 aromatic rings. The smallest absolute Gasteiger partial charge is 0.281 e. The van der Waals surface area contributed by atoms with Crippen molar-refractivity contribution in [3.05, 3.63) is 35.5 Å². The number of hydrogen-bond donors (Lipinski definition) is 0. The van der Waals surface area contributed by atoms with Gasteiger partial charge in [0, 0.05) is 31.7 Å². The van der Waals surface area contributed by atoms with Gasteiger partial charge in [-0.15, -0.1) is 0 Å². The Morgan fingerprint density at radius 2 is 2.06 bits per heavy atom. The lowest BCUT2D eigenvalue weighted by Gasteiger charge is -2.25. The number of likely N-dealkylation sites (tertiary alicyclic amines) is 1. The molecule has 2 aliphatic carbocycles. The molecule has 1 aliphatic heterocycles. The summed E-state index contributed by atoms with van der Waals surface area (Å²) in [7, 11) is -3.63. The summed E-state index contributed by atoms with van der Waals surface area (Å²) in [6.07, 6.45) is 2.35. The highest BCUT2D eigenvalue weighted by atomic mass is 32.2. The molecule has 0 bridgehead atoms. The third-order valence-electron chi connectivity index (χ3n) is 7.45. The van der Waals surface area contributed by atoms with Crippen molar-refractivity contribution < 1.29 is 31.3 Å². The first kappa shape index (κ1) is 23.2. The topological polar surface area (TPSA) is 103 Å². The lowest BCUT2D eigenvalue weighted by Crippen LogP contribution is -2.35. The predicted molar refractivity (Wildman–Crippen MR) is 117 cm³/mol. The number of alkyl halides is 2. The van der Waals surface area contributed by atoms with Crippen molar-refractivity contribution in [2.45, 2.75) is 67.8 Å². The van der Waals surface area contributed by atoms with Gasteiger partial charge in [0.15, 0.2) is 21.8 Å². The molecule has 3 fully saturated rings. The van der Waals surface area contributed by atoms with Crippen molar-refractivity contribution in [1.29, 1.82) is 0 Å². The first-order chi connectivity index (χ1) is 15.7. The van der Waals surface area contributed by atoms with E-state index in [9.17, 15) is 22.0 Å². The van der Waals surface area contributed by atoms with E-state index in [1.54, 1.807) is 4.90 Å². The number of benzene rings is 1. The second kappa shape index (κ2) is 7.22. The number of fused-ring (bicyclic) bond motifs is 1. The van der Waals surface area contributed by atoms with Crippen LogP contribution in [0, 0.1) is 5.92 Å². The monoisotopic (exact) mass is 495 g/mol. The molecular formula is C23H27F2N3O5S. The third-order valence-corrected chi connectivity index (χ3v) is 8.56. The maximum absolute atomic E-state index is 13.8. The molecule has 184 valence electrons. The third kappa shape index (κ3) is 3.87. The van der Waals surface area contributed by atoms with Crippen LogP contribution in [0.1, 0.15) is 62.1 Å². The highest BCUT2D eigenvalue weighted by Gasteiger charge is 2.65. The maximum atomic E-state index is 13.8. The van der Waals surface area contributed by atoms with Crippen LogP contribution < -0.4 is 4.74 Å². The lowest BCUT2D eigenvalue weighted by atomic mass is 10.1. The number of carbonyl (C=O) groups excluding carboxylic acids is 1. The molecule has 3 aliphatic rings. The van der Waals surface area contributed by atoms with E-state index >= 15 is 0 Å². The van der Waals surface area contributed by atoms with Crippen molar-refractivity contribution >= 4 is 15.7 Å². The molecule has 3 atom stereocenters. The van der Waals surface area contributed by atoms with Crippen molar-refractivity contribution in [2.24, 2.45) is 5.92 Å². The van der Waals surface area contributed by atoms with Gasteiger partial charge in [-0.3, -0.25) is 4.79 Å². The number of aromatic nitrogens is 2.